The Morgan fingerprint density at radius 1 is 1.32 bits per heavy atom. The summed E-state index contributed by atoms with van der Waals surface area (Å²) >= 11 is 0. The minimum absolute atomic E-state index is 0.136. The van der Waals surface area contributed by atoms with Crippen LogP contribution in [0, 0.1) is 5.92 Å². The zero-order chi connectivity index (χ0) is 15.9. The largest absolute Gasteiger partial charge is 0.467 e. The summed E-state index contributed by atoms with van der Waals surface area (Å²) in [5.41, 5.74) is 0.866. The molecular formula is C16H21NO5. The van der Waals surface area contributed by atoms with Crippen molar-refractivity contribution in [3.8, 4) is 0 Å². The van der Waals surface area contributed by atoms with Gasteiger partial charge in [0.05, 0.1) is 13.2 Å². The second-order valence-corrected chi connectivity index (χ2v) is 5.46. The number of amides is 1. The van der Waals surface area contributed by atoms with Gasteiger partial charge in [0.25, 0.3) is 0 Å². The molecule has 2 N–H and O–H groups in total. The van der Waals surface area contributed by atoms with Crippen molar-refractivity contribution in [2.24, 2.45) is 5.92 Å². The molecule has 0 saturated heterocycles. The van der Waals surface area contributed by atoms with Gasteiger partial charge in [-0.15, -0.1) is 0 Å². The molecule has 22 heavy (non-hydrogen) atoms. The molecule has 0 heterocycles. The molecule has 1 amide bonds. The Morgan fingerprint density at radius 3 is 2.59 bits per heavy atom. The van der Waals surface area contributed by atoms with Crippen LogP contribution >= 0.6 is 0 Å². The Bertz CT molecular complexity index is 501. The molecule has 1 fully saturated rings. The maximum atomic E-state index is 11.8. The number of rotatable bonds is 7. The summed E-state index contributed by atoms with van der Waals surface area (Å²) in [5.74, 6) is -0.326. The first-order chi connectivity index (χ1) is 10.6. The second kappa shape index (κ2) is 7.79. The Hall–Kier alpha value is -2.08. The topological polar surface area (TPSA) is 84.9 Å². The number of aliphatic hydroxyl groups excluding tert-OH is 1. The van der Waals surface area contributed by atoms with Gasteiger partial charge >= 0.3 is 12.1 Å². The van der Waals surface area contributed by atoms with Crippen molar-refractivity contribution in [1.82, 2.24) is 5.32 Å². The maximum Gasteiger partial charge on any atom is 0.407 e. The number of alkyl carbamates (subject to hydrolysis) is 1. The molecule has 0 aliphatic heterocycles. The van der Waals surface area contributed by atoms with Crippen LogP contribution in [0.2, 0.25) is 0 Å². The number of esters is 1. The Balaban J connectivity index is 1.85. The number of hydrogen-bond acceptors (Lipinski definition) is 5. The van der Waals surface area contributed by atoms with E-state index in [0.717, 1.165) is 18.4 Å². The third-order valence-corrected chi connectivity index (χ3v) is 3.62. The number of ether oxygens (including phenoxy) is 2. The van der Waals surface area contributed by atoms with Crippen LogP contribution in [0.4, 0.5) is 4.79 Å². The lowest BCUT2D eigenvalue weighted by Crippen LogP contribution is -2.47. The minimum atomic E-state index is -1.38. The van der Waals surface area contributed by atoms with E-state index in [1.807, 2.05) is 30.3 Å². The molecule has 0 radical (unpaired) electrons. The maximum absolute atomic E-state index is 11.8. The van der Waals surface area contributed by atoms with E-state index in [2.05, 4.69) is 10.1 Å². The molecule has 0 aromatic heterocycles. The van der Waals surface area contributed by atoms with E-state index < -0.39 is 24.2 Å². The number of methoxy groups -OCH3 is 1. The van der Waals surface area contributed by atoms with Gasteiger partial charge in [-0.1, -0.05) is 43.2 Å². The van der Waals surface area contributed by atoms with Crippen molar-refractivity contribution in [3.63, 3.8) is 0 Å². The molecular weight excluding hydrogens is 286 g/mol. The summed E-state index contributed by atoms with van der Waals surface area (Å²) in [7, 11) is 1.20. The van der Waals surface area contributed by atoms with Gasteiger partial charge in [-0.25, -0.2) is 9.59 Å². The van der Waals surface area contributed by atoms with E-state index in [4.69, 9.17) is 4.74 Å². The fourth-order valence-corrected chi connectivity index (χ4v) is 2.18. The molecule has 1 aliphatic carbocycles. The van der Waals surface area contributed by atoms with Crippen LogP contribution < -0.4 is 5.32 Å². The first-order valence-corrected chi connectivity index (χ1v) is 7.33. The van der Waals surface area contributed by atoms with Crippen molar-refractivity contribution in [2.75, 3.05) is 7.11 Å². The highest BCUT2D eigenvalue weighted by Gasteiger charge is 2.34. The number of aliphatic hydroxyl groups is 1. The summed E-state index contributed by atoms with van der Waals surface area (Å²) in [4.78, 5) is 23.3. The van der Waals surface area contributed by atoms with E-state index >= 15 is 0 Å². The van der Waals surface area contributed by atoms with E-state index in [1.54, 1.807) is 0 Å². The molecule has 1 aromatic rings. The number of carbonyl (C=O) groups is 2. The molecule has 120 valence electrons. The fraction of sp³-hybridized carbons (Fsp3) is 0.500. The highest BCUT2D eigenvalue weighted by Crippen LogP contribution is 2.34. The molecule has 6 nitrogen and oxygen atoms in total. The molecule has 1 aromatic carbocycles. The summed E-state index contributed by atoms with van der Waals surface area (Å²) in [6.45, 7) is 0.136. The zero-order valence-electron chi connectivity index (χ0n) is 12.5. The van der Waals surface area contributed by atoms with Crippen LogP contribution in [-0.4, -0.2) is 36.4 Å². The summed E-state index contributed by atoms with van der Waals surface area (Å²) in [5, 5.41) is 12.5. The van der Waals surface area contributed by atoms with Gasteiger partial charge in [0.15, 0.2) is 6.10 Å². The van der Waals surface area contributed by atoms with Crippen LogP contribution in [0.1, 0.15) is 24.8 Å². The molecule has 0 spiro atoms. The van der Waals surface area contributed by atoms with Crippen LogP contribution in [0.3, 0.4) is 0 Å². The standard InChI is InChI=1S/C16H21NO5/c1-21-15(19)14(18)13(9-11-7-8-11)17-16(20)22-10-12-5-3-2-4-6-12/h2-6,11,13-14,18H,7-10H2,1H3,(H,17,20). The predicted molar refractivity (Wildman–Crippen MR) is 78.9 cm³/mol. The quantitative estimate of drug-likeness (QED) is 0.748. The highest BCUT2D eigenvalue weighted by atomic mass is 16.6. The summed E-state index contributed by atoms with van der Waals surface area (Å²) in [6.07, 6.45) is 0.597. The summed E-state index contributed by atoms with van der Waals surface area (Å²) in [6, 6.07) is 8.59. The molecule has 6 heteroatoms. The number of benzene rings is 1. The van der Waals surface area contributed by atoms with Crippen molar-refractivity contribution in [1.29, 1.82) is 0 Å². The fourth-order valence-electron chi connectivity index (χ4n) is 2.18. The molecule has 0 bridgehead atoms. The Morgan fingerprint density at radius 2 is 2.00 bits per heavy atom. The van der Waals surface area contributed by atoms with Crippen molar-refractivity contribution >= 4 is 12.1 Å². The lowest BCUT2D eigenvalue weighted by molar-refractivity contribution is -0.152. The van der Waals surface area contributed by atoms with Gasteiger partial charge in [0.1, 0.15) is 6.61 Å². The molecule has 1 aliphatic rings. The van der Waals surface area contributed by atoms with Gasteiger partial charge < -0.3 is 19.9 Å². The highest BCUT2D eigenvalue weighted by molar-refractivity contribution is 5.76. The number of hydrogen-bond donors (Lipinski definition) is 2. The third-order valence-electron chi connectivity index (χ3n) is 3.62. The number of nitrogens with one attached hydrogen (secondary N) is 1. The van der Waals surface area contributed by atoms with Crippen LogP contribution in [-0.2, 0) is 20.9 Å². The lowest BCUT2D eigenvalue weighted by Gasteiger charge is -2.22. The van der Waals surface area contributed by atoms with Gasteiger partial charge in [0, 0.05) is 0 Å². The van der Waals surface area contributed by atoms with Crippen LogP contribution in [0.5, 0.6) is 0 Å². The smallest absolute Gasteiger partial charge is 0.407 e. The normalized spacial score (nSPS) is 16.5. The first kappa shape index (κ1) is 16.3. The van der Waals surface area contributed by atoms with Gasteiger partial charge in [-0.05, 0) is 17.9 Å². The predicted octanol–water partition coefficient (Wildman–Crippen LogP) is 1.62. The number of carbonyl (C=O) groups excluding carboxylic acids is 2. The van der Waals surface area contributed by atoms with E-state index in [-0.39, 0.29) is 6.61 Å². The average molecular weight is 307 g/mol. The lowest BCUT2D eigenvalue weighted by atomic mass is 10.0. The third kappa shape index (κ3) is 5.04. The van der Waals surface area contributed by atoms with Crippen LogP contribution in [0.25, 0.3) is 0 Å². The van der Waals surface area contributed by atoms with Gasteiger partial charge in [-0.2, -0.15) is 0 Å². The average Bonchev–Trinajstić information content (AvgIpc) is 3.36. The molecule has 2 atom stereocenters. The Kier molecular flexibility index (Phi) is 5.77. The monoisotopic (exact) mass is 307 g/mol. The Labute approximate surface area is 129 Å². The molecule has 2 rings (SSSR count). The SMILES string of the molecule is COC(=O)C(O)C(CC1CC1)NC(=O)OCc1ccccc1. The van der Waals surface area contributed by atoms with Crippen molar-refractivity contribution in [2.45, 2.75) is 38.0 Å². The second-order valence-electron chi connectivity index (χ2n) is 5.46. The molecule has 1 saturated carbocycles. The minimum Gasteiger partial charge on any atom is -0.467 e. The summed E-state index contributed by atoms with van der Waals surface area (Å²) < 4.78 is 9.64. The van der Waals surface area contributed by atoms with E-state index in [0.29, 0.717) is 12.3 Å². The van der Waals surface area contributed by atoms with Crippen molar-refractivity contribution in [3.05, 3.63) is 35.9 Å². The van der Waals surface area contributed by atoms with Crippen LogP contribution in [0.15, 0.2) is 30.3 Å². The van der Waals surface area contributed by atoms with E-state index in [9.17, 15) is 14.7 Å². The molecule has 2 unspecified atom stereocenters. The van der Waals surface area contributed by atoms with Gasteiger partial charge in [-0.3, -0.25) is 0 Å². The van der Waals surface area contributed by atoms with E-state index in [1.165, 1.54) is 7.11 Å². The first-order valence-electron chi connectivity index (χ1n) is 7.33. The zero-order valence-corrected chi connectivity index (χ0v) is 12.5. The van der Waals surface area contributed by atoms with Gasteiger partial charge in [0.2, 0.25) is 0 Å². The van der Waals surface area contributed by atoms with Crippen molar-refractivity contribution < 1.29 is 24.2 Å².